The van der Waals surface area contributed by atoms with Crippen LogP contribution in [0.2, 0.25) is 0 Å². The molecule has 0 spiro atoms. The zero-order chi connectivity index (χ0) is 11.7. The van der Waals surface area contributed by atoms with Crippen molar-refractivity contribution in [3.05, 3.63) is 0 Å². The van der Waals surface area contributed by atoms with E-state index in [1.54, 1.807) is 0 Å². The number of carboxylic acids is 1. The molecule has 0 aliphatic carbocycles. The topological polar surface area (TPSA) is 63.6 Å². The smallest absolute Gasteiger partial charge is 0.344 e. The Morgan fingerprint density at radius 1 is 1.20 bits per heavy atom. The van der Waals surface area contributed by atoms with Crippen LogP contribution in [0.1, 0.15) is 52.4 Å². The molecular formula is C11H20O4. The summed E-state index contributed by atoms with van der Waals surface area (Å²) < 4.78 is 4.68. The zero-order valence-electron chi connectivity index (χ0n) is 9.49. The molecule has 0 bridgehead atoms. The first-order chi connectivity index (χ1) is 7.07. The van der Waals surface area contributed by atoms with Gasteiger partial charge in [-0.2, -0.15) is 0 Å². The summed E-state index contributed by atoms with van der Waals surface area (Å²) in [6.45, 7) is 3.49. The molecule has 0 aliphatic rings. The number of aliphatic carboxylic acids is 1. The number of ether oxygens (including phenoxy) is 1. The van der Waals surface area contributed by atoms with Crippen molar-refractivity contribution in [2.45, 2.75) is 58.5 Å². The van der Waals surface area contributed by atoms with Crippen molar-refractivity contribution >= 4 is 11.9 Å². The third-order valence-electron chi connectivity index (χ3n) is 2.14. The zero-order valence-corrected chi connectivity index (χ0v) is 9.49. The first kappa shape index (κ1) is 13.9. The summed E-state index contributed by atoms with van der Waals surface area (Å²) in [6.07, 6.45) is 4.55. The summed E-state index contributed by atoms with van der Waals surface area (Å²) in [4.78, 5) is 21.5. The van der Waals surface area contributed by atoms with Crippen molar-refractivity contribution in [1.82, 2.24) is 0 Å². The Hall–Kier alpha value is -1.06. The van der Waals surface area contributed by atoms with E-state index in [1.807, 2.05) is 0 Å². The van der Waals surface area contributed by atoms with Crippen molar-refractivity contribution in [3.63, 3.8) is 0 Å². The van der Waals surface area contributed by atoms with E-state index in [-0.39, 0.29) is 0 Å². The highest BCUT2D eigenvalue weighted by atomic mass is 16.6. The van der Waals surface area contributed by atoms with Crippen LogP contribution in [0.4, 0.5) is 0 Å². The van der Waals surface area contributed by atoms with Gasteiger partial charge in [-0.05, 0) is 13.3 Å². The fraction of sp³-hybridized carbons (Fsp3) is 0.818. The maximum absolute atomic E-state index is 11.1. The lowest BCUT2D eigenvalue weighted by molar-refractivity contribution is -0.162. The minimum absolute atomic E-state index is 0.321. The molecular weight excluding hydrogens is 196 g/mol. The molecule has 0 radical (unpaired) electrons. The summed E-state index contributed by atoms with van der Waals surface area (Å²) in [5.74, 6) is -1.52. The molecule has 0 aliphatic heterocycles. The number of esters is 1. The summed E-state index contributed by atoms with van der Waals surface area (Å²) in [5.41, 5.74) is 0. The number of carboxylic acid groups (broad SMARTS) is 1. The normalized spacial score (nSPS) is 12.1. The molecule has 1 N–H and O–H groups in total. The molecule has 4 heteroatoms. The molecule has 0 aromatic carbocycles. The average molecular weight is 216 g/mol. The Labute approximate surface area is 90.6 Å². The molecule has 0 heterocycles. The van der Waals surface area contributed by atoms with E-state index in [1.165, 1.54) is 19.8 Å². The first-order valence-electron chi connectivity index (χ1n) is 5.50. The van der Waals surface area contributed by atoms with Gasteiger partial charge in [-0.15, -0.1) is 0 Å². The molecule has 0 saturated heterocycles. The van der Waals surface area contributed by atoms with Crippen LogP contribution in [0.25, 0.3) is 0 Å². The van der Waals surface area contributed by atoms with Crippen LogP contribution >= 0.6 is 0 Å². The Balaban J connectivity index is 3.45. The van der Waals surface area contributed by atoms with Crippen LogP contribution in [0, 0.1) is 0 Å². The highest BCUT2D eigenvalue weighted by Gasteiger charge is 2.15. The van der Waals surface area contributed by atoms with E-state index in [4.69, 9.17) is 5.11 Å². The third kappa shape index (κ3) is 7.97. The number of unbranched alkanes of at least 4 members (excludes halogenated alkanes) is 4. The predicted octanol–water partition coefficient (Wildman–Crippen LogP) is 2.36. The Morgan fingerprint density at radius 3 is 2.33 bits per heavy atom. The van der Waals surface area contributed by atoms with Gasteiger partial charge >= 0.3 is 11.9 Å². The van der Waals surface area contributed by atoms with Crippen molar-refractivity contribution in [2.24, 2.45) is 0 Å². The van der Waals surface area contributed by atoms with Crippen molar-refractivity contribution < 1.29 is 19.4 Å². The van der Waals surface area contributed by atoms with E-state index in [9.17, 15) is 9.59 Å². The molecule has 0 saturated carbocycles. The maximum Gasteiger partial charge on any atom is 0.344 e. The fourth-order valence-electron chi connectivity index (χ4n) is 1.18. The summed E-state index contributed by atoms with van der Waals surface area (Å²) >= 11 is 0. The molecule has 4 nitrogen and oxygen atoms in total. The SMILES string of the molecule is CCCCCCCC(=O)O[C@H](C)C(=O)O. The van der Waals surface area contributed by atoms with Gasteiger partial charge in [0.05, 0.1) is 0 Å². The van der Waals surface area contributed by atoms with Crippen LogP contribution in [0.15, 0.2) is 0 Å². The highest BCUT2D eigenvalue weighted by molar-refractivity contribution is 5.77. The van der Waals surface area contributed by atoms with Crippen molar-refractivity contribution in [2.75, 3.05) is 0 Å². The van der Waals surface area contributed by atoms with E-state index in [0.717, 1.165) is 19.3 Å². The van der Waals surface area contributed by atoms with Crippen molar-refractivity contribution in [3.8, 4) is 0 Å². The monoisotopic (exact) mass is 216 g/mol. The molecule has 0 rings (SSSR count). The molecule has 88 valence electrons. The van der Waals surface area contributed by atoms with Crippen LogP contribution in [-0.4, -0.2) is 23.1 Å². The molecule has 0 fully saturated rings. The second kappa shape index (κ2) is 8.26. The van der Waals surface area contributed by atoms with Gasteiger partial charge in [-0.1, -0.05) is 32.6 Å². The van der Waals surface area contributed by atoms with Crippen LogP contribution in [0.3, 0.4) is 0 Å². The van der Waals surface area contributed by atoms with Gasteiger partial charge in [-0.3, -0.25) is 4.79 Å². The van der Waals surface area contributed by atoms with Gasteiger partial charge in [0, 0.05) is 6.42 Å². The van der Waals surface area contributed by atoms with Crippen LogP contribution < -0.4 is 0 Å². The molecule has 0 aromatic rings. The van der Waals surface area contributed by atoms with Gasteiger partial charge in [0.1, 0.15) is 0 Å². The van der Waals surface area contributed by atoms with Gasteiger partial charge in [-0.25, -0.2) is 4.79 Å². The van der Waals surface area contributed by atoms with Crippen molar-refractivity contribution in [1.29, 1.82) is 0 Å². The first-order valence-corrected chi connectivity index (χ1v) is 5.50. The lowest BCUT2D eigenvalue weighted by Crippen LogP contribution is -2.23. The van der Waals surface area contributed by atoms with E-state index >= 15 is 0 Å². The number of hydrogen-bond acceptors (Lipinski definition) is 3. The predicted molar refractivity (Wildman–Crippen MR) is 56.6 cm³/mol. The number of hydrogen-bond donors (Lipinski definition) is 1. The Bertz CT molecular complexity index is 201. The minimum atomic E-state index is -1.10. The standard InChI is InChI=1S/C11H20O4/c1-3-4-5-6-7-8-10(12)15-9(2)11(13)14/h9H,3-8H2,1-2H3,(H,13,14)/t9-/m1/s1. The molecule has 0 aromatic heterocycles. The molecule has 0 amide bonds. The summed E-state index contributed by atoms with van der Waals surface area (Å²) in [7, 11) is 0. The molecule has 0 unspecified atom stereocenters. The third-order valence-corrected chi connectivity index (χ3v) is 2.14. The molecule has 15 heavy (non-hydrogen) atoms. The quantitative estimate of drug-likeness (QED) is 0.499. The van der Waals surface area contributed by atoms with E-state index in [2.05, 4.69) is 11.7 Å². The number of carbonyl (C=O) groups is 2. The highest BCUT2D eigenvalue weighted by Crippen LogP contribution is 2.06. The number of carbonyl (C=O) groups excluding carboxylic acids is 1. The van der Waals surface area contributed by atoms with Crippen LogP contribution in [0.5, 0.6) is 0 Å². The fourth-order valence-corrected chi connectivity index (χ4v) is 1.18. The second-order valence-corrected chi connectivity index (χ2v) is 3.63. The number of rotatable bonds is 8. The van der Waals surface area contributed by atoms with Crippen LogP contribution in [-0.2, 0) is 14.3 Å². The van der Waals surface area contributed by atoms with Gasteiger partial charge in [0.25, 0.3) is 0 Å². The Kier molecular flexibility index (Phi) is 7.68. The Morgan fingerprint density at radius 2 is 1.80 bits per heavy atom. The van der Waals surface area contributed by atoms with Gasteiger partial charge in [0.2, 0.25) is 0 Å². The van der Waals surface area contributed by atoms with Gasteiger partial charge < -0.3 is 9.84 Å². The lowest BCUT2D eigenvalue weighted by Gasteiger charge is -2.08. The summed E-state index contributed by atoms with van der Waals surface area (Å²) in [6, 6.07) is 0. The second-order valence-electron chi connectivity index (χ2n) is 3.63. The maximum atomic E-state index is 11.1. The van der Waals surface area contributed by atoms with E-state index < -0.39 is 18.0 Å². The summed E-state index contributed by atoms with van der Waals surface area (Å²) in [5, 5.41) is 8.50. The minimum Gasteiger partial charge on any atom is -0.479 e. The largest absolute Gasteiger partial charge is 0.479 e. The van der Waals surface area contributed by atoms with E-state index in [0.29, 0.717) is 6.42 Å². The lowest BCUT2D eigenvalue weighted by atomic mass is 10.1. The van der Waals surface area contributed by atoms with Gasteiger partial charge in [0.15, 0.2) is 6.10 Å². The average Bonchev–Trinajstić information content (AvgIpc) is 2.17. The molecule has 1 atom stereocenters.